The molecule has 0 aliphatic heterocycles. The molecular formula is C12H22FNO2. The Morgan fingerprint density at radius 2 is 2.06 bits per heavy atom. The topological polar surface area (TPSA) is 38.3 Å². The maximum Gasteiger partial charge on any atom is 0.313 e. The lowest BCUT2D eigenvalue weighted by Crippen LogP contribution is -2.43. The molecule has 1 rings (SSSR count). The quantitative estimate of drug-likeness (QED) is 0.583. The van der Waals surface area contributed by atoms with Crippen LogP contribution in [0.5, 0.6) is 0 Å². The standard InChI is InChI=1S/C12H22FNO2/c1-3-16-12(15)9(2)11(13)14-10-7-5-4-6-8-10/h9-11,14H,3-8H2,1-2H3. The Hall–Kier alpha value is -0.640. The molecule has 94 valence electrons. The van der Waals surface area contributed by atoms with Crippen LogP contribution in [0.15, 0.2) is 0 Å². The van der Waals surface area contributed by atoms with Crippen molar-refractivity contribution in [2.75, 3.05) is 6.61 Å². The van der Waals surface area contributed by atoms with Gasteiger partial charge >= 0.3 is 5.97 Å². The Morgan fingerprint density at radius 3 is 2.62 bits per heavy atom. The molecule has 0 heterocycles. The van der Waals surface area contributed by atoms with E-state index in [1.807, 2.05) is 0 Å². The number of esters is 1. The van der Waals surface area contributed by atoms with E-state index in [9.17, 15) is 9.18 Å². The van der Waals surface area contributed by atoms with Crippen LogP contribution < -0.4 is 5.32 Å². The molecule has 3 nitrogen and oxygen atoms in total. The van der Waals surface area contributed by atoms with E-state index in [1.54, 1.807) is 13.8 Å². The third-order valence-electron chi connectivity index (χ3n) is 3.10. The number of carbonyl (C=O) groups is 1. The highest BCUT2D eigenvalue weighted by atomic mass is 19.1. The molecule has 1 fully saturated rings. The normalized spacial score (nSPS) is 21.4. The van der Waals surface area contributed by atoms with Gasteiger partial charge in [-0.1, -0.05) is 19.3 Å². The van der Waals surface area contributed by atoms with E-state index in [-0.39, 0.29) is 6.04 Å². The Kier molecular flexibility index (Phi) is 5.74. The van der Waals surface area contributed by atoms with Crippen molar-refractivity contribution >= 4 is 5.97 Å². The van der Waals surface area contributed by atoms with Crippen molar-refractivity contribution in [3.63, 3.8) is 0 Å². The van der Waals surface area contributed by atoms with Crippen LogP contribution >= 0.6 is 0 Å². The molecule has 1 N–H and O–H groups in total. The molecular weight excluding hydrogens is 209 g/mol. The summed E-state index contributed by atoms with van der Waals surface area (Å²) in [6, 6.07) is 0.223. The predicted octanol–water partition coefficient (Wildman–Crippen LogP) is 2.40. The van der Waals surface area contributed by atoms with Crippen LogP contribution in [0.3, 0.4) is 0 Å². The zero-order chi connectivity index (χ0) is 12.0. The van der Waals surface area contributed by atoms with E-state index in [1.165, 1.54) is 6.42 Å². The first-order valence-electron chi connectivity index (χ1n) is 6.22. The molecule has 1 aliphatic carbocycles. The summed E-state index contributed by atoms with van der Waals surface area (Å²) in [5.41, 5.74) is 0. The van der Waals surface area contributed by atoms with Crippen LogP contribution in [-0.4, -0.2) is 24.9 Å². The summed E-state index contributed by atoms with van der Waals surface area (Å²) < 4.78 is 18.5. The van der Waals surface area contributed by atoms with Gasteiger partial charge in [0.2, 0.25) is 0 Å². The second-order valence-electron chi connectivity index (χ2n) is 4.44. The molecule has 0 aromatic rings. The van der Waals surface area contributed by atoms with Gasteiger partial charge in [0.1, 0.15) is 0 Å². The molecule has 0 saturated heterocycles. The molecule has 0 bridgehead atoms. The van der Waals surface area contributed by atoms with Crippen molar-refractivity contribution < 1.29 is 13.9 Å². The second-order valence-corrected chi connectivity index (χ2v) is 4.44. The number of nitrogens with one attached hydrogen (secondary N) is 1. The van der Waals surface area contributed by atoms with E-state index in [0.717, 1.165) is 25.7 Å². The maximum absolute atomic E-state index is 13.7. The van der Waals surface area contributed by atoms with Crippen LogP contribution in [0.4, 0.5) is 4.39 Å². The Morgan fingerprint density at radius 1 is 1.44 bits per heavy atom. The molecule has 4 heteroatoms. The van der Waals surface area contributed by atoms with Gasteiger partial charge in [-0.15, -0.1) is 0 Å². The minimum Gasteiger partial charge on any atom is -0.466 e. The number of ether oxygens (including phenoxy) is 1. The van der Waals surface area contributed by atoms with Gasteiger partial charge in [0.05, 0.1) is 12.5 Å². The lowest BCUT2D eigenvalue weighted by atomic mass is 9.95. The highest BCUT2D eigenvalue weighted by molar-refractivity contribution is 5.72. The lowest BCUT2D eigenvalue weighted by molar-refractivity contribution is -0.150. The van der Waals surface area contributed by atoms with E-state index in [2.05, 4.69) is 5.32 Å². The predicted molar refractivity (Wildman–Crippen MR) is 60.7 cm³/mol. The summed E-state index contributed by atoms with van der Waals surface area (Å²) in [4.78, 5) is 11.3. The first-order valence-corrected chi connectivity index (χ1v) is 6.22. The van der Waals surface area contributed by atoms with Gasteiger partial charge in [-0.3, -0.25) is 10.1 Å². The van der Waals surface area contributed by atoms with E-state index >= 15 is 0 Å². The molecule has 0 radical (unpaired) electrons. The molecule has 0 aromatic heterocycles. The van der Waals surface area contributed by atoms with Gasteiger partial charge in [-0.25, -0.2) is 4.39 Å². The fourth-order valence-electron chi connectivity index (χ4n) is 2.03. The zero-order valence-electron chi connectivity index (χ0n) is 10.2. The molecule has 2 atom stereocenters. The largest absolute Gasteiger partial charge is 0.466 e. The molecule has 1 aliphatic rings. The van der Waals surface area contributed by atoms with Crippen molar-refractivity contribution in [2.45, 2.75) is 58.3 Å². The smallest absolute Gasteiger partial charge is 0.313 e. The Balaban J connectivity index is 2.32. The average molecular weight is 231 g/mol. The highest BCUT2D eigenvalue weighted by Gasteiger charge is 2.27. The fraction of sp³-hybridized carbons (Fsp3) is 0.917. The molecule has 2 unspecified atom stereocenters. The number of rotatable bonds is 5. The van der Waals surface area contributed by atoms with Crippen molar-refractivity contribution in [1.29, 1.82) is 0 Å². The summed E-state index contributed by atoms with van der Waals surface area (Å²) >= 11 is 0. The van der Waals surface area contributed by atoms with E-state index < -0.39 is 18.2 Å². The van der Waals surface area contributed by atoms with Gasteiger partial charge < -0.3 is 4.74 Å². The molecule has 1 saturated carbocycles. The van der Waals surface area contributed by atoms with Crippen LogP contribution in [0.25, 0.3) is 0 Å². The molecule has 0 aromatic carbocycles. The van der Waals surface area contributed by atoms with Crippen LogP contribution in [0.1, 0.15) is 46.0 Å². The molecule has 16 heavy (non-hydrogen) atoms. The third-order valence-corrected chi connectivity index (χ3v) is 3.10. The number of alkyl halides is 1. The van der Waals surface area contributed by atoms with E-state index in [0.29, 0.717) is 6.61 Å². The zero-order valence-corrected chi connectivity index (χ0v) is 10.2. The Bertz CT molecular complexity index is 217. The Labute approximate surface area is 96.7 Å². The minimum atomic E-state index is -1.29. The summed E-state index contributed by atoms with van der Waals surface area (Å²) in [6.45, 7) is 3.60. The number of hydrogen-bond donors (Lipinski definition) is 1. The highest BCUT2D eigenvalue weighted by Crippen LogP contribution is 2.19. The van der Waals surface area contributed by atoms with Gasteiger partial charge in [0.25, 0.3) is 0 Å². The summed E-state index contributed by atoms with van der Waals surface area (Å²) in [6.07, 6.45) is 4.27. The second kappa shape index (κ2) is 6.84. The number of halogens is 1. The summed E-state index contributed by atoms with van der Waals surface area (Å²) in [5.74, 6) is -1.18. The van der Waals surface area contributed by atoms with Crippen LogP contribution in [-0.2, 0) is 9.53 Å². The monoisotopic (exact) mass is 231 g/mol. The third kappa shape index (κ3) is 4.08. The molecule has 0 spiro atoms. The van der Waals surface area contributed by atoms with Crippen molar-refractivity contribution in [3.8, 4) is 0 Å². The van der Waals surface area contributed by atoms with Gasteiger partial charge in [0, 0.05) is 6.04 Å². The first kappa shape index (κ1) is 13.4. The van der Waals surface area contributed by atoms with Crippen LogP contribution in [0, 0.1) is 5.92 Å². The van der Waals surface area contributed by atoms with E-state index in [4.69, 9.17) is 4.74 Å². The van der Waals surface area contributed by atoms with Crippen molar-refractivity contribution in [1.82, 2.24) is 5.32 Å². The average Bonchev–Trinajstić information content (AvgIpc) is 2.29. The fourth-order valence-corrected chi connectivity index (χ4v) is 2.03. The van der Waals surface area contributed by atoms with Crippen molar-refractivity contribution in [3.05, 3.63) is 0 Å². The summed E-state index contributed by atoms with van der Waals surface area (Å²) in [7, 11) is 0. The van der Waals surface area contributed by atoms with Gasteiger partial charge in [0.15, 0.2) is 6.30 Å². The minimum absolute atomic E-state index is 0.223. The van der Waals surface area contributed by atoms with Crippen LogP contribution in [0.2, 0.25) is 0 Å². The lowest BCUT2D eigenvalue weighted by Gasteiger charge is -2.26. The summed E-state index contributed by atoms with van der Waals surface area (Å²) in [5, 5.41) is 2.89. The number of hydrogen-bond acceptors (Lipinski definition) is 3. The molecule has 0 amide bonds. The number of carbonyl (C=O) groups excluding carboxylic acids is 1. The van der Waals surface area contributed by atoms with Crippen molar-refractivity contribution in [2.24, 2.45) is 5.92 Å². The van der Waals surface area contributed by atoms with Gasteiger partial charge in [-0.2, -0.15) is 0 Å². The maximum atomic E-state index is 13.7. The van der Waals surface area contributed by atoms with Gasteiger partial charge in [-0.05, 0) is 26.7 Å². The first-order chi connectivity index (χ1) is 7.65. The SMILES string of the molecule is CCOC(=O)C(C)C(F)NC1CCCCC1.